The Kier molecular flexibility index (Phi) is 8.86. The summed E-state index contributed by atoms with van der Waals surface area (Å²) in [6.45, 7) is 16.5. The summed E-state index contributed by atoms with van der Waals surface area (Å²) in [5.74, 6) is 0.710. The van der Waals surface area contributed by atoms with Crippen molar-refractivity contribution in [1.82, 2.24) is 9.80 Å². The maximum absolute atomic E-state index is 12.9. The highest BCUT2D eigenvalue weighted by Crippen LogP contribution is 2.32. The molecule has 0 aliphatic carbocycles. The van der Waals surface area contributed by atoms with E-state index in [1.54, 1.807) is 0 Å². The lowest BCUT2D eigenvalue weighted by molar-refractivity contribution is -0.120. The zero-order valence-corrected chi connectivity index (χ0v) is 21.6. The fourth-order valence-electron chi connectivity index (χ4n) is 4.46. The molecular formula is C28H40N4O2. The number of amides is 2. The molecule has 1 saturated heterocycles. The Labute approximate surface area is 204 Å². The number of hydrogen-bond donors (Lipinski definition) is 2. The molecule has 184 valence electrons. The highest BCUT2D eigenvalue weighted by molar-refractivity contribution is 5.94. The number of rotatable bonds is 8. The van der Waals surface area contributed by atoms with Crippen LogP contribution in [0.1, 0.15) is 61.8 Å². The van der Waals surface area contributed by atoms with Gasteiger partial charge in [0.1, 0.15) is 0 Å². The van der Waals surface area contributed by atoms with Crippen LogP contribution < -0.4 is 10.6 Å². The largest absolute Gasteiger partial charge is 0.325 e. The minimum Gasteiger partial charge on any atom is -0.325 e. The third kappa shape index (κ3) is 6.67. The Morgan fingerprint density at radius 3 is 1.74 bits per heavy atom. The Morgan fingerprint density at radius 1 is 0.765 bits per heavy atom. The SMILES string of the molecule is Cc1cccc(NC(=O)CN2CCN(CC(=O)Nc3c(C(C)C)cccc3C(C)C)CC2)c1C. The van der Waals surface area contributed by atoms with Crippen LogP contribution in [-0.4, -0.2) is 60.9 Å². The number of nitrogens with zero attached hydrogens (tertiary/aromatic N) is 2. The van der Waals surface area contributed by atoms with E-state index in [2.05, 4.69) is 66.3 Å². The van der Waals surface area contributed by atoms with E-state index in [1.807, 2.05) is 32.0 Å². The number of benzene rings is 2. The standard InChI is InChI=1S/C28H40N4O2/c1-19(2)23-10-8-11-24(20(3)4)28(23)30-27(34)18-32-15-13-31(14-16-32)17-26(33)29-25-12-7-9-21(5)22(25)6/h7-12,19-20H,13-18H2,1-6H3,(H,29,33)(H,30,34). The van der Waals surface area contributed by atoms with Crippen LogP contribution >= 0.6 is 0 Å². The van der Waals surface area contributed by atoms with Crippen LogP contribution in [-0.2, 0) is 9.59 Å². The molecule has 1 heterocycles. The van der Waals surface area contributed by atoms with E-state index >= 15 is 0 Å². The first-order valence-corrected chi connectivity index (χ1v) is 12.4. The van der Waals surface area contributed by atoms with E-state index in [4.69, 9.17) is 0 Å². The summed E-state index contributed by atoms with van der Waals surface area (Å²) in [4.78, 5) is 29.8. The highest BCUT2D eigenvalue weighted by atomic mass is 16.2. The molecule has 2 aromatic rings. The lowest BCUT2D eigenvalue weighted by atomic mass is 9.92. The number of nitrogens with one attached hydrogen (secondary N) is 2. The van der Waals surface area contributed by atoms with Gasteiger partial charge in [0.05, 0.1) is 13.1 Å². The van der Waals surface area contributed by atoms with E-state index in [0.29, 0.717) is 24.9 Å². The molecule has 34 heavy (non-hydrogen) atoms. The molecule has 0 radical (unpaired) electrons. The van der Waals surface area contributed by atoms with Crippen molar-refractivity contribution in [1.29, 1.82) is 0 Å². The lowest BCUT2D eigenvalue weighted by Crippen LogP contribution is -2.50. The quantitative estimate of drug-likeness (QED) is 0.592. The number of para-hydroxylation sites is 1. The van der Waals surface area contributed by atoms with Gasteiger partial charge in [-0.1, -0.05) is 58.0 Å². The number of aryl methyl sites for hydroxylation is 1. The van der Waals surface area contributed by atoms with Gasteiger partial charge >= 0.3 is 0 Å². The number of anilines is 2. The third-order valence-electron chi connectivity index (χ3n) is 6.72. The van der Waals surface area contributed by atoms with E-state index < -0.39 is 0 Å². The van der Waals surface area contributed by atoms with Crippen molar-refractivity contribution in [3.8, 4) is 0 Å². The number of piperazine rings is 1. The van der Waals surface area contributed by atoms with Crippen molar-refractivity contribution in [2.24, 2.45) is 0 Å². The second-order valence-corrected chi connectivity index (χ2v) is 10.0. The highest BCUT2D eigenvalue weighted by Gasteiger charge is 2.22. The fourth-order valence-corrected chi connectivity index (χ4v) is 4.46. The van der Waals surface area contributed by atoms with Crippen LogP contribution in [0, 0.1) is 13.8 Å². The second kappa shape index (κ2) is 11.6. The van der Waals surface area contributed by atoms with Crippen LogP contribution in [0.4, 0.5) is 11.4 Å². The van der Waals surface area contributed by atoms with Crippen molar-refractivity contribution >= 4 is 23.2 Å². The Bertz CT molecular complexity index is 981. The Morgan fingerprint density at radius 2 is 1.24 bits per heavy atom. The van der Waals surface area contributed by atoms with Crippen molar-refractivity contribution in [3.63, 3.8) is 0 Å². The lowest BCUT2D eigenvalue weighted by Gasteiger charge is -2.34. The first kappa shape index (κ1) is 25.9. The number of carbonyl (C=O) groups is 2. The van der Waals surface area contributed by atoms with E-state index in [1.165, 1.54) is 16.7 Å². The predicted octanol–water partition coefficient (Wildman–Crippen LogP) is 4.75. The summed E-state index contributed by atoms with van der Waals surface area (Å²) in [5.41, 5.74) is 6.48. The average molecular weight is 465 g/mol. The zero-order valence-electron chi connectivity index (χ0n) is 21.6. The summed E-state index contributed by atoms with van der Waals surface area (Å²) in [6.07, 6.45) is 0. The maximum atomic E-state index is 12.9. The molecule has 2 amide bonds. The molecule has 0 aromatic heterocycles. The minimum atomic E-state index is 0.00593. The minimum absolute atomic E-state index is 0.00593. The molecule has 0 atom stereocenters. The molecule has 2 N–H and O–H groups in total. The summed E-state index contributed by atoms with van der Waals surface area (Å²) in [6, 6.07) is 12.2. The predicted molar refractivity (Wildman–Crippen MR) is 141 cm³/mol. The molecule has 1 aliphatic rings. The normalized spacial score (nSPS) is 15.1. The summed E-state index contributed by atoms with van der Waals surface area (Å²) in [5, 5.41) is 6.25. The van der Waals surface area contributed by atoms with Gasteiger partial charge in [-0.15, -0.1) is 0 Å². The molecule has 6 nitrogen and oxygen atoms in total. The van der Waals surface area contributed by atoms with Crippen LogP contribution in [0.15, 0.2) is 36.4 Å². The molecule has 0 spiro atoms. The van der Waals surface area contributed by atoms with Gasteiger partial charge in [-0.05, 0) is 54.0 Å². The van der Waals surface area contributed by atoms with E-state index in [0.717, 1.165) is 43.1 Å². The topological polar surface area (TPSA) is 64.7 Å². The van der Waals surface area contributed by atoms with Gasteiger partial charge in [-0.3, -0.25) is 19.4 Å². The van der Waals surface area contributed by atoms with Gasteiger partial charge in [-0.2, -0.15) is 0 Å². The van der Waals surface area contributed by atoms with Gasteiger partial charge in [0.15, 0.2) is 0 Å². The van der Waals surface area contributed by atoms with Gasteiger partial charge in [0.2, 0.25) is 11.8 Å². The Balaban J connectivity index is 1.50. The summed E-state index contributed by atoms with van der Waals surface area (Å²) in [7, 11) is 0. The molecule has 0 bridgehead atoms. The van der Waals surface area contributed by atoms with Gasteiger partial charge < -0.3 is 10.6 Å². The van der Waals surface area contributed by atoms with Crippen molar-refractivity contribution in [2.45, 2.75) is 53.4 Å². The molecule has 1 fully saturated rings. The monoisotopic (exact) mass is 464 g/mol. The molecule has 3 rings (SSSR count). The number of hydrogen-bond acceptors (Lipinski definition) is 4. The molecular weight excluding hydrogens is 424 g/mol. The molecule has 0 saturated carbocycles. The number of carbonyl (C=O) groups excluding carboxylic acids is 2. The van der Waals surface area contributed by atoms with Crippen LogP contribution in [0.25, 0.3) is 0 Å². The van der Waals surface area contributed by atoms with Crippen molar-refractivity contribution in [2.75, 3.05) is 49.9 Å². The van der Waals surface area contributed by atoms with Gasteiger partial charge in [0, 0.05) is 37.6 Å². The van der Waals surface area contributed by atoms with Crippen LogP contribution in [0.2, 0.25) is 0 Å². The first-order chi connectivity index (χ1) is 16.2. The molecule has 1 aliphatic heterocycles. The smallest absolute Gasteiger partial charge is 0.238 e. The van der Waals surface area contributed by atoms with E-state index in [9.17, 15) is 9.59 Å². The molecule has 6 heteroatoms. The second-order valence-electron chi connectivity index (χ2n) is 10.0. The molecule has 2 aromatic carbocycles. The van der Waals surface area contributed by atoms with Crippen LogP contribution in [0.5, 0.6) is 0 Å². The van der Waals surface area contributed by atoms with Crippen molar-refractivity contribution in [3.05, 3.63) is 58.7 Å². The van der Waals surface area contributed by atoms with E-state index in [-0.39, 0.29) is 11.8 Å². The van der Waals surface area contributed by atoms with Gasteiger partial charge in [-0.25, -0.2) is 0 Å². The maximum Gasteiger partial charge on any atom is 0.238 e. The van der Waals surface area contributed by atoms with Crippen LogP contribution in [0.3, 0.4) is 0 Å². The Hall–Kier alpha value is -2.70. The van der Waals surface area contributed by atoms with Gasteiger partial charge in [0.25, 0.3) is 0 Å². The third-order valence-corrected chi connectivity index (χ3v) is 6.72. The average Bonchev–Trinajstić information content (AvgIpc) is 2.78. The zero-order chi connectivity index (χ0) is 24.8. The first-order valence-electron chi connectivity index (χ1n) is 12.4. The summed E-state index contributed by atoms with van der Waals surface area (Å²) >= 11 is 0. The summed E-state index contributed by atoms with van der Waals surface area (Å²) < 4.78 is 0. The van der Waals surface area contributed by atoms with Crippen molar-refractivity contribution < 1.29 is 9.59 Å². The molecule has 0 unspecified atom stereocenters. The fraction of sp³-hybridized carbons (Fsp3) is 0.500.